The third kappa shape index (κ3) is 6.24. The summed E-state index contributed by atoms with van der Waals surface area (Å²) in [6.07, 6.45) is 9.85. The van der Waals surface area contributed by atoms with Gasteiger partial charge in [-0.25, -0.2) is 0 Å². The van der Waals surface area contributed by atoms with Gasteiger partial charge in [-0.05, 0) is 107 Å². The van der Waals surface area contributed by atoms with Crippen LogP contribution in [0.5, 0.6) is 5.75 Å². The minimum Gasteiger partial charge on any atom is -0.490 e. The number of piperidine rings is 1. The van der Waals surface area contributed by atoms with E-state index in [9.17, 15) is 9.59 Å². The first kappa shape index (κ1) is 28.4. The summed E-state index contributed by atoms with van der Waals surface area (Å²) in [5.74, 6) is 1.59. The molecule has 0 bridgehead atoms. The second kappa shape index (κ2) is 12.3. The van der Waals surface area contributed by atoms with E-state index >= 15 is 0 Å². The van der Waals surface area contributed by atoms with Gasteiger partial charge in [0.25, 0.3) is 0 Å². The Hall–Kier alpha value is -2.71. The van der Waals surface area contributed by atoms with Crippen molar-refractivity contribution >= 4 is 38.6 Å². The second-order valence-corrected chi connectivity index (χ2v) is 13.2. The van der Waals surface area contributed by atoms with Gasteiger partial charge in [-0.3, -0.25) is 19.6 Å². The normalized spacial score (nSPS) is 25.5. The lowest BCUT2D eigenvalue weighted by molar-refractivity contribution is -0.134. The number of halogens is 1. The molecular formula is C33H41BrN4O3. The summed E-state index contributed by atoms with van der Waals surface area (Å²) in [4.78, 5) is 26.7. The van der Waals surface area contributed by atoms with Crippen LogP contribution in [-0.4, -0.2) is 52.2 Å². The number of imide groups is 1. The van der Waals surface area contributed by atoms with Crippen molar-refractivity contribution in [2.75, 3.05) is 19.6 Å². The van der Waals surface area contributed by atoms with Crippen LogP contribution < -0.4 is 10.1 Å². The number of carbonyl (C=O) groups excluding carboxylic acids is 2. The number of carbonyl (C=O) groups is 2. The molecule has 2 atom stereocenters. The third-order valence-electron chi connectivity index (χ3n) is 9.61. The Morgan fingerprint density at radius 2 is 1.90 bits per heavy atom. The number of nitrogens with one attached hydrogen (secondary N) is 1. The predicted octanol–water partition coefficient (Wildman–Crippen LogP) is 6.37. The van der Waals surface area contributed by atoms with Gasteiger partial charge in [-0.15, -0.1) is 0 Å². The van der Waals surface area contributed by atoms with Crippen LogP contribution >= 0.6 is 15.9 Å². The monoisotopic (exact) mass is 620 g/mol. The van der Waals surface area contributed by atoms with Gasteiger partial charge in [0.1, 0.15) is 5.75 Å². The first-order valence-corrected chi connectivity index (χ1v) is 16.1. The standard InChI is InChI=1S/C33H41BrN4O3/c1-21-28(34)6-3-7-30(21)41-25-11-8-22(9-12-25)5-4-17-38-18-16-24(20-38)23-10-13-26-29(19-23)37(2)36-32(26)27-14-15-31(39)35-33(27)40/h3,6-7,10,13,19,22,24-25,27H,4-5,8-9,11-12,14-18,20H2,1-2H3,(H,35,39,40)/t22?,24-,25?,27+/m1/s1. The highest BCUT2D eigenvalue weighted by molar-refractivity contribution is 9.10. The molecule has 8 heteroatoms. The van der Waals surface area contributed by atoms with Crippen LogP contribution in [-0.2, 0) is 16.6 Å². The number of benzene rings is 2. The van der Waals surface area contributed by atoms with Crippen LogP contribution in [0.4, 0.5) is 0 Å². The molecule has 3 heterocycles. The predicted molar refractivity (Wildman–Crippen MR) is 164 cm³/mol. The molecule has 41 heavy (non-hydrogen) atoms. The molecule has 3 aromatic rings. The van der Waals surface area contributed by atoms with Crippen molar-refractivity contribution in [1.29, 1.82) is 0 Å². The van der Waals surface area contributed by atoms with E-state index in [1.165, 1.54) is 49.8 Å². The van der Waals surface area contributed by atoms with E-state index in [2.05, 4.69) is 69.5 Å². The van der Waals surface area contributed by atoms with Crippen LogP contribution in [0.25, 0.3) is 10.9 Å². The maximum absolute atomic E-state index is 12.5. The van der Waals surface area contributed by atoms with Gasteiger partial charge in [0.2, 0.25) is 11.8 Å². The number of likely N-dealkylation sites (tertiary alicyclic amines) is 1. The van der Waals surface area contributed by atoms with Gasteiger partial charge in [0, 0.05) is 35.4 Å². The lowest BCUT2D eigenvalue weighted by Gasteiger charge is -2.30. The number of hydrogen-bond acceptors (Lipinski definition) is 5. The molecule has 1 aliphatic carbocycles. The molecule has 0 spiro atoms. The maximum atomic E-state index is 12.5. The van der Waals surface area contributed by atoms with Crippen molar-refractivity contribution in [3.8, 4) is 5.75 Å². The SMILES string of the molecule is Cc1c(Br)cccc1OC1CCC(CCCN2CC[C@@H](c3ccc4c([C@@H]5CCC(=O)NC5=O)nn(C)c4c3)C2)CC1. The lowest BCUT2D eigenvalue weighted by atomic mass is 9.84. The number of hydrogen-bond donors (Lipinski definition) is 1. The molecule has 6 rings (SSSR count). The highest BCUT2D eigenvalue weighted by Gasteiger charge is 2.32. The number of aromatic nitrogens is 2. The average Bonchev–Trinajstić information content (AvgIpc) is 3.56. The van der Waals surface area contributed by atoms with Gasteiger partial charge in [0.05, 0.1) is 23.2 Å². The molecule has 1 aromatic heterocycles. The molecule has 3 aliphatic rings. The fourth-order valence-electron chi connectivity index (χ4n) is 7.11. The third-order valence-corrected chi connectivity index (χ3v) is 10.5. The molecule has 3 fully saturated rings. The van der Waals surface area contributed by atoms with E-state index in [1.807, 2.05) is 11.7 Å². The van der Waals surface area contributed by atoms with Crippen molar-refractivity contribution in [2.24, 2.45) is 13.0 Å². The number of ether oxygens (including phenoxy) is 1. The van der Waals surface area contributed by atoms with Gasteiger partial charge in [0.15, 0.2) is 0 Å². The Labute approximate surface area is 251 Å². The Morgan fingerprint density at radius 3 is 2.71 bits per heavy atom. The minimum absolute atomic E-state index is 0.191. The van der Waals surface area contributed by atoms with Gasteiger partial charge >= 0.3 is 0 Å². The zero-order valence-corrected chi connectivity index (χ0v) is 25.8. The van der Waals surface area contributed by atoms with Crippen LogP contribution in [0.15, 0.2) is 40.9 Å². The average molecular weight is 622 g/mol. The summed E-state index contributed by atoms with van der Waals surface area (Å²) >= 11 is 3.62. The summed E-state index contributed by atoms with van der Waals surface area (Å²) in [5, 5.41) is 8.21. The van der Waals surface area contributed by atoms with Crippen molar-refractivity contribution in [1.82, 2.24) is 20.0 Å². The first-order valence-electron chi connectivity index (χ1n) is 15.3. The quantitative estimate of drug-likeness (QED) is 0.296. The van der Waals surface area contributed by atoms with E-state index in [0.717, 1.165) is 58.7 Å². The van der Waals surface area contributed by atoms with Gasteiger partial charge in [-0.2, -0.15) is 5.10 Å². The number of nitrogens with zero attached hydrogens (tertiary/aromatic N) is 3. The Kier molecular flexibility index (Phi) is 8.50. The van der Waals surface area contributed by atoms with Crippen molar-refractivity contribution in [2.45, 2.75) is 82.7 Å². The van der Waals surface area contributed by atoms with Gasteiger partial charge < -0.3 is 9.64 Å². The molecule has 1 N–H and O–H groups in total. The molecule has 0 unspecified atom stereocenters. The fraction of sp³-hybridized carbons (Fsp3) is 0.545. The molecule has 2 aromatic carbocycles. The summed E-state index contributed by atoms with van der Waals surface area (Å²) < 4.78 is 9.36. The highest BCUT2D eigenvalue weighted by Crippen LogP contribution is 2.36. The number of amides is 2. The van der Waals surface area contributed by atoms with E-state index in [-0.39, 0.29) is 17.7 Å². The Morgan fingerprint density at radius 1 is 1.07 bits per heavy atom. The minimum atomic E-state index is -0.359. The smallest absolute Gasteiger partial charge is 0.235 e. The van der Waals surface area contributed by atoms with E-state index in [1.54, 1.807) is 0 Å². The lowest BCUT2D eigenvalue weighted by Crippen LogP contribution is -2.39. The molecule has 2 saturated heterocycles. The Balaban J connectivity index is 0.973. The zero-order valence-electron chi connectivity index (χ0n) is 24.2. The van der Waals surface area contributed by atoms with Crippen molar-refractivity contribution < 1.29 is 14.3 Å². The molecule has 2 amide bonds. The van der Waals surface area contributed by atoms with E-state index in [4.69, 9.17) is 9.84 Å². The Bertz CT molecular complexity index is 1430. The zero-order chi connectivity index (χ0) is 28.5. The maximum Gasteiger partial charge on any atom is 0.235 e. The molecule has 0 radical (unpaired) electrons. The molecule has 7 nitrogen and oxygen atoms in total. The largest absolute Gasteiger partial charge is 0.490 e. The molecule has 1 saturated carbocycles. The number of rotatable bonds is 8. The fourth-order valence-corrected chi connectivity index (χ4v) is 7.46. The van der Waals surface area contributed by atoms with E-state index in [0.29, 0.717) is 24.9 Å². The van der Waals surface area contributed by atoms with Crippen LogP contribution in [0.1, 0.15) is 86.4 Å². The summed E-state index contributed by atoms with van der Waals surface area (Å²) in [6.45, 7) is 5.56. The molecular weight excluding hydrogens is 580 g/mol. The summed E-state index contributed by atoms with van der Waals surface area (Å²) in [7, 11) is 1.95. The first-order chi connectivity index (χ1) is 19.9. The van der Waals surface area contributed by atoms with Gasteiger partial charge in [-0.1, -0.05) is 34.1 Å². The molecule has 2 aliphatic heterocycles. The topological polar surface area (TPSA) is 76.5 Å². The van der Waals surface area contributed by atoms with Crippen LogP contribution in [0.3, 0.4) is 0 Å². The number of aryl methyl sites for hydroxylation is 1. The van der Waals surface area contributed by atoms with Crippen molar-refractivity contribution in [3.05, 3.63) is 57.7 Å². The number of fused-ring (bicyclic) bond motifs is 1. The highest BCUT2D eigenvalue weighted by atomic mass is 79.9. The summed E-state index contributed by atoms with van der Waals surface area (Å²) in [5.41, 5.74) is 4.40. The van der Waals surface area contributed by atoms with Crippen LogP contribution in [0.2, 0.25) is 0 Å². The van der Waals surface area contributed by atoms with Crippen molar-refractivity contribution in [3.63, 3.8) is 0 Å². The van der Waals surface area contributed by atoms with Crippen LogP contribution in [0, 0.1) is 12.8 Å². The second-order valence-electron chi connectivity index (χ2n) is 12.3. The summed E-state index contributed by atoms with van der Waals surface area (Å²) in [6, 6.07) is 12.8. The van der Waals surface area contributed by atoms with E-state index < -0.39 is 0 Å². The molecule has 218 valence electrons.